The topological polar surface area (TPSA) is 70.2 Å². The van der Waals surface area contributed by atoms with Crippen molar-refractivity contribution in [1.82, 2.24) is 24.9 Å². The first-order valence-electron chi connectivity index (χ1n) is 9.39. The molecule has 0 aliphatic rings. The summed E-state index contributed by atoms with van der Waals surface area (Å²) in [7, 11) is 2.08. The van der Waals surface area contributed by atoms with E-state index in [9.17, 15) is 0 Å². The lowest BCUT2D eigenvalue weighted by Gasteiger charge is -2.03. The second-order valence-corrected chi connectivity index (χ2v) is 7.57. The van der Waals surface area contributed by atoms with Gasteiger partial charge < -0.3 is 9.97 Å². The molecule has 1 radical (unpaired) electrons. The largest absolute Gasteiger partial charge is 0.361 e. The number of benzene rings is 2. The van der Waals surface area contributed by atoms with E-state index in [-0.39, 0.29) is 0 Å². The first-order valence-corrected chi connectivity index (χ1v) is 9.84. The smallest absolute Gasteiger partial charge is 0.151 e. The van der Waals surface area contributed by atoms with Crippen molar-refractivity contribution in [2.24, 2.45) is 0 Å². The van der Waals surface area contributed by atoms with Crippen LogP contribution in [0.5, 0.6) is 0 Å². The molecule has 0 aliphatic carbocycles. The number of hydrogen-bond donors (Lipinski definition) is 3. The number of H-pyrrole nitrogens is 2. The van der Waals surface area contributed by atoms with Gasteiger partial charge in [-0.2, -0.15) is 0 Å². The molecule has 0 unspecified atom stereocenters. The van der Waals surface area contributed by atoms with Crippen LogP contribution >= 0.6 is 12.6 Å². The maximum absolute atomic E-state index is 4.99. The van der Waals surface area contributed by atoms with Crippen molar-refractivity contribution >= 4 is 69.1 Å². The molecule has 0 bridgehead atoms. The van der Waals surface area contributed by atoms with Crippen LogP contribution in [0.1, 0.15) is 0 Å². The van der Waals surface area contributed by atoms with E-state index in [0.717, 1.165) is 65.5 Å². The fourth-order valence-electron chi connectivity index (χ4n) is 4.14. The summed E-state index contributed by atoms with van der Waals surface area (Å²) in [6, 6.07) is 12.1. The molecule has 0 atom stereocenters. The van der Waals surface area contributed by atoms with Crippen LogP contribution < -0.4 is 5.46 Å². The van der Waals surface area contributed by atoms with Gasteiger partial charge in [0, 0.05) is 50.7 Å². The Kier molecular flexibility index (Phi) is 3.49. The molecule has 0 saturated heterocycles. The molecular formula is C22H15BN5S. The minimum absolute atomic E-state index is 0.814. The highest BCUT2D eigenvalue weighted by atomic mass is 32.1. The van der Waals surface area contributed by atoms with Gasteiger partial charge in [0.1, 0.15) is 5.82 Å². The number of thiol groups is 1. The van der Waals surface area contributed by atoms with Gasteiger partial charge in [-0.3, -0.25) is 9.97 Å². The van der Waals surface area contributed by atoms with Crippen LogP contribution in [0.4, 0.5) is 0 Å². The summed E-state index contributed by atoms with van der Waals surface area (Å²) < 4.78 is 0. The fourth-order valence-corrected chi connectivity index (χ4v) is 4.41. The Morgan fingerprint density at radius 2 is 1.66 bits per heavy atom. The molecule has 4 aromatic heterocycles. The van der Waals surface area contributed by atoms with Crippen LogP contribution in [0.2, 0.25) is 6.82 Å². The van der Waals surface area contributed by atoms with E-state index in [0.29, 0.717) is 0 Å². The molecule has 0 saturated carbocycles. The monoisotopic (exact) mass is 392 g/mol. The number of fused-ring (bicyclic) bond motifs is 7. The standard InChI is InChI=1S/C22H15BN5S/c1-23-16-9-11(29)8-14-15(10-26-17(14)16)22-27-20-12-4-2-6-24-18(12)19-13(21(20)28-22)5-3-7-25-19/h2-10,26,29H,1H3,(H,27,28). The van der Waals surface area contributed by atoms with E-state index in [1.807, 2.05) is 25.2 Å². The summed E-state index contributed by atoms with van der Waals surface area (Å²) in [5.41, 5.74) is 6.85. The number of aromatic nitrogens is 5. The normalized spacial score (nSPS) is 11.8. The van der Waals surface area contributed by atoms with E-state index in [1.165, 1.54) is 0 Å². The van der Waals surface area contributed by atoms with Crippen molar-refractivity contribution in [3.63, 3.8) is 0 Å². The minimum Gasteiger partial charge on any atom is -0.361 e. The quantitative estimate of drug-likeness (QED) is 0.231. The summed E-state index contributed by atoms with van der Waals surface area (Å²) in [4.78, 5) is 22.0. The summed E-state index contributed by atoms with van der Waals surface area (Å²) in [6.07, 6.45) is 5.60. The van der Waals surface area contributed by atoms with E-state index in [4.69, 9.17) is 4.98 Å². The van der Waals surface area contributed by atoms with E-state index in [1.54, 1.807) is 12.4 Å². The lowest BCUT2D eigenvalue weighted by molar-refractivity contribution is 1.34. The molecule has 2 N–H and O–H groups in total. The van der Waals surface area contributed by atoms with Crippen LogP contribution in [0.15, 0.2) is 59.9 Å². The number of nitrogens with zero attached hydrogens (tertiary/aromatic N) is 3. The molecule has 29 heavy (non-hydrogen) atoms. The van der Waals surface area contributed by atoms with E-state index >= 15 is 0 Å². The molecule has 0 amide bonds. The second kappa shape index (κ2) is 6.09. The average Bonchev–Trinajstić information content (AvgIpc) is 3.38. The van der Waals surface area contributed by atoms with Crippen molar-refractivity contribution in [3.05, 3.63) is 55.0 Å². The van der Waals surface area contributed by atoms with Crippen LogP contribution in [0.25, 0.3) is 55.1 Å². The maximum Gasteiger partial charge on any atom is 0.151 e. The predicted octanol–water partition coefficient (Wildman–Crippen LogP) is 4.47. The van der Waals surface area contributed by atoms with Gasteiger partial charge in [-0.1, -0.05) is 18.4 Å². The first-order chi connectivity index (χ1) is 14.2. The molecule has 0 aliphatic heterocycles. The maximum atomic E-state index is 4.99. The minimum atomic E-state index is 0.814. The highest BCUT2D eigenvalue weighted by Crippen LogP contribution is 2.35. The van der Waals surface area contributed by atoms with Gasteiger partial charge in [-0.25, -0.2) is 4.98 Å². The van der Waals surface area contributed by atoms with Gasteiger partial charge in [-0.05, 0) is 30.3 Å². The first kappa shape index (κ1) is 16.6. The molecule has 137 valence electrons. The van der Waals surface area contributed by atoms with Crippen molar-refractivity contribution in [2.45, 2.75) is 11.7 Å². The van der Waals surface area contributed by atoms with Crippen LogP contribution in [0, 0.1) is 0 Å². The molecule has 2 aromatic carbocycles. The number of imidazole rings is 1. The Morgan fingerprint density at radius 3 is 2.45 bits per heavy atom. The Balaban J connectivity index is 1.73. The molecule has 4 heterocycles. The van der Waals surface area contributed by atoms with Crippen LogP contribution in [0.3, 0.4) is 0 Å². The Morgan fingerprint density at radius 1 is 0.897 bits per heavy atom. The Bertz CT molecular complexity index is 1490. The summed E-state index contributed by atoms with van der Waals surface area (Å²) in [6.45, 7) is 2.03. The number of aromatic amines is 2. The zero-order valence-electron chi connectivity index (χ0n) is 15.6. The van der Waals surface area contributed by atoms with Gasteiger partial charge in [0.2, 0.25) is 0 Å². The lowest BCUT2D eigenvalue weighted by Crippen LogP contribution is -2.11. The molecular weight excluding hydrogens is 377 g/mol. The summed E-state index contributed by atoms with van der Waals surface area (Å²) in [5, 5.41) is 3.10. The van der Waals surface area contributed by atoms with Gasteiger partial charge in [0.05, 0.1) is 22.1 Å². The predicted molar refractivity (Wildman–Crippen MR) is 122 cm³/mol. The molecule has 6 rings (SSSR count). The Labute approximate surface area is 172 Å². The van der Waals surface area contributed by atoms with Gasteiger partial charge >= 0.3 is 0 Å². The Hall–Kier alpha value is -3.32. The number of hydrogen-bond acceptors (Lipinski definition) is 4. The SMILES string of the molecule is C[B]c1cc(S)cc2c(-c3nc4c5cccnc5c5ncccc5c4[nH]3)c[nH]c12. The number of nitrogens with one attached hydrogen (secondary N) is 2. The van der Waals surface area contributed by atoms with Gasteiger partial charge in [-0.15, -0.1) is 12.6 Å². The zero-order valence-corrected chi connectivity index (χ0v) is 16.5. The van der Waals surface area contributed by atoms with Gasteiger partial charge in [0.15, 0.2) is 7.28 Å². The highest BCUT2D eigenvalue weighted by molar-refractivity contribution is 7.80. The number of pyridine rings is 2. The molecule has 6 aromatic rings. The fraction of sp³-hybridized carbons (Fsp3) is 0.0455. The second-order valence-electron chi connectivity index (χ2n) is 7.06. The van der Waals surface area contributed by atoms with Crippen molar-refractivity contribution in [2.75, 3.05) is 0 Å². The van der Waals surface area contributed by atoms with Crippen molar-refractivity contribution in [1.29, 1.82) is 0 Å². The third kappa shape index (κ3) is 2.34. The van der Waals surface area contributed by atoms with Gasteiger partial charge in [0.25, 0.3) is 0 Å². The van der Waals surface area contributed by atoms with Crippen molar-refractivity contribution in [3.8, 4) is 11.4 Å². The van der Waals surface area contributed by atoms with E-state index < -0.39 is 0 Å². The molecule has 0 spiro atoms. The molecule has 7 heteroatoms. The third-order valence-corrected chi connectivity index (χ3v) is 5.70. The van der Waals surface area contributed by atoms with Crippen LogP contribution in [-0.4, -0.2) is 32.2 Å². The van der Waals surface area contributed by atoms with Crippen LogP contribution in [-0.2, 0) is 0 Å². The lowest BCUT2D eigenvalue weighted by atomic mass is 9.72. The zero-order chi connectivity index (χ0) is 19.5. The average molecular weight is 392 g/mol. The van der Waals surface area contributed by atoms with E-state index in [2.05, 4.69) is 64.1 Å². The summed E-state index contributed by atoms with van der Waals surface area (Å²) >= 11 is 4.58. The molecule has 5 nitrogen and oxygen atoms in total. The third-order valence-electron chi connectivity index (χ3n) is 5.44. The highest BCUT2D eigenvalue weighted by Gasteiger charge is 2.17. The number of rotatable bonds is 2. The summed E-state index contributed by atoms with van der Waals surface area (Å²) in [5.74, 6) is 0.814. The van der Waals surface area contributed by atoms with Crippen molar-refractivity contribution < 1.29 is 0 Å². The molecule has 0 fully saturated rings.